The average Bonchev–Trinajstić information content (AvgIpc) is 3.18. The number of Topliss-reactive ketones (excluding diaryl/α,β-unsaturated/α-hetero) is 1. The SMILES string of the molecule is COc1ccc(N2CCN(Cc3c(O)ccc4c3O/C(=C\c3ccccc3Cl)C4=O)CC2)cc1. The molecule has 0 spiro atoms. The van der Waals surface area contributed by atoms with Crippen LogP contribution in [0.4, 0.5) is 5.69 Å². The molecule has 3 aromatic rings. The van der Waals surface area contributed by atoms with Gasteiger partial charge in [0.2, 0.25) is 5.78 Å². The van der Waals surface area contributed by atoms with Gasteiger partial charge in [0.05, 0.1) is 18.2 Å². The minimum atomic E-state index is -0.208. The first kappa shape index (κ1) is 22.3. The summed E-state index contributed by atoms with van der Waals surface area (Å²) < 4.78 is 11.2. The number of carbonyl (C=O) groups excluding carboxylic acids is 1. The molecular weight excluding hydrogens is 452 g/mol. The molecule has 0 aromatic heterocycles. The van der Waals surface area contributed by atoms with E-state index in [-0.39, 0.29) is 17.3 Å². The van der Waals surface area contributed by atoms with Crippen LogP contribution >= 0.6 is 11.6 Å². The molecule has 0 amide bonds. The van der Waals surface area contributed by atoms with Crippen molar-refractivity contribution in [1.82, 2.24) is 4.90 Å². The Morgan fingerprint density at radius 2 is 1.76 bits per heavy atom. The normalized spacial score (nSPS) is 17.1. The topological polar surface area (TPSA) is 62.2 Å². The Kier molecular flexibility index (Phi) is 6.18. The van der Waals surface area contributed by atoms with E-state index in [2.05, 4.69) is 21.9 Å². The minimum Gasteiger partial charge on any atom is -0.507 e. The van der Waals surface area contributed by atoms with E-state index in [0.717, 1.165) is 37.6 Å². The third-order valence-electron chi connectivity index (χ3n) is 6.30. The van der Waals surface area contributed by atoms with Crippen molar-refractivity contribution >= 4 is 29.1 Å². The lowest BCUT2D eigenvalue weighted by Crippen LogP contribution is -2.46. The molecule has 0 bridgehead atoms. The van der Waals surface area contributed by atoms with Crippen LogP contribution in [0.1, 0.15) is 21.5 Å². The Morgan fingerprint density at radius 1 is 1.03 bits per heavy atom. The van der Waals surface area contributed by atoms with Gasteiger partial charge in [0.1, 0.15) is 17.2 Å². The fraction of sp³-hybridized carbons (Fsp3) is 0.222. The molecule has 3 aromatic carbocycles. The molecule has 0 atom stereocenters. The first-order valence-electron chi connectivity index (χ1n) is 11.2. The number of phenolic OH excluding ortho intramolecular Hbond substituents is 1. The molecule has 174 valence electrons. The van der Waals surface area contributed by atoms with Gasteiger partial charge in [-0.3, -0.25) is 9.69 Å². The molecule has 2 heterocycles. The van der Waals surface area contributed by atoms with Gasteiger partial charge < -0.3 is 19.5 Å². The highest BCUT2D eigenvalue weighted by molar-refractivity contribution is 6.32. The fourth-order valence-electron chi connectivity index (χ4n) is 4.36. The third-order valence-corrected chi connectivity index (χ3v) is 6.64. The zero-order chi connectivity index (χ0) is 23.7. The van der Waals surface area contributed by atoms with Crippen molar-refractivity contribution in [2.75, 3.05) is 38.2 Å². The molecule has 34 heavy (non-hydrogen) atoms. The number of methoxy groups -OCH3 is 1. The molecular formula is C27H25ClN2O4. The highest BCUT2D eigenvalue weighted by Gasteiger charge is 2.32. The highest BCUT2D eigenvalue weighted by Crippen LogP contribution is 2.40. The summed E-state index contributed by atoms with van der Waals surface area (Å²) in [5, 5.41) is 11.2. The summed E-state index contributed by atoms with van der Waals surface area (Å²) in [6.45, 7) is 3.87. The smallest absolute Gasteiger partial charge is 0.231 e. The Hall–Kier alpha value is -3.48. The third kappa shape index (κ3) is 4.34. The molecule has 2 aliphatic heterocycles. The number of benzene rings is 3. The van der Waals surface area contributed by atoms with Crippen LogP contribution < -0.4 is 14.4 Å². The number of nitrogens with zero attached hydrogens (tertiary/aromatic N) is 2. The second kappa shape index (κ2) is 9.41. The number of carbonyl (C=O) groups is 1. The van der Waals surface area contributed by atoms with Crippen molar-refractivity contribution in [3.63, 3.8) is 0 Å². The Morgan fingerprint density at radius 3 is 2.47 bits per heavy atom. The summed E-state index contributed by atoms with van der Waals surface area (Å²) >= 11 is 6.25. The number of ether oxygens (including phenoxy) is 2. The van der Waals surface area contributed by atoms with Gasteiger partial charge in [0, 0.05) is 43.4 Å². The Bertz CT molecular complexity index is 1250. The van der Waals surface area contributed by atoms with E-state index >= 15 is 0 Å². The number of hydrogen-bond donors (Lipinski definition) is 1. The molecule has 5 rings (SSSR count). The summed E-state index contributed by atoms with van der Waals surface area (Å²) in [7, 11) is 1.66. The second-order valence-corrected chi connectivity index (χ2v) is 8.77. The molecule has 7 heteroatoms. The number of phenols is 1. The van der Waals surface area contributed by atoms with E-state index in [1.807, 2.05) is 30.3 Å². The number of piperazine rings is 1. The summed E-state index contributed by atoms with van der Waals surface area (Å²) in [5.41, 5.74) is 2.96. The lowest BCUT2D eigenvalue weighted by molar-refractivity contribution is 0.101. The number of rotatable bonds is 5. The largest absolute Gasteiger partial charge is 0.507 e. The van der Waals surface area contributed by atoms with Crippen molar-refractivity contribution < 1.29 is 19.4 Å². The molecule has 0 unspecified atom stereocenters. The number of anilines is 1. The predicted octanol–water partition coefficient (Wildman–Crippen LogP) is 4.99. The predicted molar refractivity (Wildman–Crippen MR) is 133 cm³/mol. The Balaban J connectivity index is 1.31. The number of aromatic hydroxyl groups is 1. The zero-order valence-electron chi connectivity index (χ0n) is 18.8. The van der Waals surface area contributed by atoms with Crippen molar-refractivity contribution in [3.05, 3.63) is 88.1 Å². The molecule has 1 N–H and O–H groups in total. The first-order chi connectivity index (χ1) is 16.5. The van der Waals surface area contributed by atoms with Crippen LogP contribution in [-0.2, 0) is 6.54 Å². The lowest BCUT2D eigenvalue weighted by Gasteiger charge is -2.36. The summed E-state index contributed by atoms with van der Waals surface area (Å²) in [5.74, 6) is 1.40. The minimum absolute atomic E-state index is 0.128. The fourth-order valence-corrected chi connectivity index (χ4v) is 4.55. The average molecular weight is 477 g/mol. The van der Waals surface area contributed by atoms with Crippen LogP contribution in [0.3, 0.4) is 0 Å². The summed E-state index contributed by atoms with van der Waals surface area (Å²) in [6, 6.07) is 18.5. The van der Waals surface area contributed by atoms with Crippen LogP contribution in [0, 0.1) is 0 Å². The number of halogens is 1. The number of allylic oxidation sites excluding steroid dienone is 1. The van der Waals surface area contributed by atoms with Crippen molar-refractivity contribution in [3.8, 4) is 17.2 Å². The van der Waals surface area contributed by atoms with E-state index in [1.54, 1.807) is 31.4 Å². The van der Waals surface area contributed by atoms with E-state index in [9.17, 15) is 9.90 Å². The maximum absolute atomic E-state index is 13.0. The monoisotopic (exact) mass is 476 g/mol. The van der Waals surface area contributed by atoms with E-state index in [0.29, 0.717) is 34.0 Å². The summed E-state index contributed by atoms with van der Waals surface area (Å²) in [6.07, 6.45) is 1.65. The van der Waals surface area contributed by atoms with Crippen LogP contribution in [-0.4, -0.2) is 49.1 Å². The number of ketones is 1. The van der Waals surface area contributed by atoms with Crippen LogP contribution in [0.2, 0.25) is 5.02 Å². The van der Waals surface area contributed by atoms with Gasteiger partial charge in [0.15, 0.2) is 5.76 Å². The highest BCUT2D eigenvalue weighted by atomic mass is 35.5. The van der Waals surface area contributed by atoms with Gasteiger partial charge in [-0.05, 0) is 54.1 Å². The zero-order valence-corrected chi connectivity index (χ0v) is 19.6. The van der Waals surface area contributed by atoms with Gasteiger partial charge in [0.25, 0.3) is 0 Å². The van der Waals surface area contributed by atoms with Crippen molar-refractivity contribution in [2.45, 2.75) is 6.54 Å². The quantitative estimate of drug-likeness (QED) is 0.523. The van der Waals surface area contributed by atoms with E-state index in [4.69, 9.17) is 21.1 Å². The van der Waals surface area contributed by atoms with Crippen molar-refractivity contribution in [2.24, 2.45) is 0 Å². The molecule has 0 aliphatic carbocycles. The van der Waals surface area contributed by atoms with E-state index < -0.39 is 0 Å². The van der Waals surface area contributed by atoms with Crippen molar-refractivity contribution in [1.29, 1.82) is 0 Å². The molecule has 0 saturated carbocycles. The van der Waals surface area contributed by atoms with Crippen LogP contribution in [0.5, 0.6) is 17.2 Å². The van der Waals surface area contributed by atoms with Gasteiger partial charge in [-0.1, -0.05) is 29.8 Å². The second-order valence-electron chi connectivity index (χ2n) is 8.36. The molecule has 1 fully saturated rings. The van der Waals surface area contributed by atoms with Crippen LogP contribution in [0.25, 0.3) is 6.08 Å². The standard InChI is InChI=1S/C27H25ClN2O4/c1-33-20-8-6-19(7-9-20)30-14-12-29(13-15-30)17-22-24(31)11-10-21-26(32)25(34-27(21)22)16-18-4-2-3-5-23(18)28/h2-11,16,31H,12-15,17H2,1H3/b25-16-. The summed E-state index contributed by atoms with van der Waals surface area (Å²) in [4.78, 5) is 17.6. The number of hydrogen-bond acceptors (Lipinski definition) is 6. The maximum Gasteiger partial charge on any atom is 0.231 e. The molecule has 1 saturated heterocycles. The van der Waals surface area contributed by atoms with Gasteiger partial charge >= 0.3 is 0 Å². The van der Waals surface area contributed by atoms with Gasteiger partial charge in [-0.2, -0.15) is 0 Å². The Labute approximate surface area is 203 Å². The maximum atomic E-state index is 13.0. The first-order valence-corrected chi connectivity index (χ1v) is 11.6. The van der Waals surface area contributed by atoms with Gasteiger partial charge in [-0.25, -0.2) is 0 Å². The lowest BCUT2D eigenvalue weighted by atomic mass is 10.0. The van der Waals surface area contributed by atoms with Crippen LogP contribution in [0.15, 0.2) is 66.4 Å². The van der Waals surface area contributed by atoms with Gasteiger partial charge in [-0.15, -0.1) is 0 Å². The molecule has 2 aliphatic rings. The molecule has 0 radical (unpaired) electrons. The van der Waals surface area contributed by atoms with E-state index in [1.165, 1.54) is 0 Å². The molecule has 6 nitrogen and oxygen atoms in total. The number of fused-ring (bicyclic) bond motifs is 1.